The summed E-state index contributed by atoms with van der Waals surface area (Å²) in [6.45, 7) is 6.67. The van der Waals surface area contributed by atoms with Gasteiger partial charge in [0.05, 0.1) is 5.56 Å². The van der Waals surface area contributed by atoms with Crippen molar-refractivity contribution in [1.82, 2.24) is 15.1 Å². The van der Waals surface area contributed by atoms with Crippen molar-refractivity contribution in [2.45, 2.75) is 26.9 Å². The van der Waals surface area contributed by atoms with Gasteiger partial charge >= 0.3 is 0 Å². The SMILES string of the molecule is CCOC(c1noc(-c2ccc(N)nc2)n1)C(C)C. The fourth-order valence-electron chi connectivity index (χ4n) is 1.74. The van der Waals surface area contributed by atoms with Crippen LogP contribution in [0.3, 0.4) is 0 Å². The van der Waals surface area contributed by atoms with Crippen LogP contribution >= 0.6 is 0 Å². The van der Waals surface area contributed by atoms with Crippen LogP contribution in [0, 0.1) is 5.92 Å². The minimum atomic E-state index is -0.163. The van der Waals surface area contributed by atoms with Crippen molar-refractivity contribution in [3.8, 4) is 11.5 Å². The smallest absolute Gasteiger partial charge is 0.259 e. The average Bonchev–Trinajstić information content (AvgIpc) is 2.85. The van der Waals surface area contributed by atoms with Gasteiger partial charge in [-0.3, -0.25) is 0 Å². The van der Waals surface area contributed by atoms with E-state index < -0.39 is 0 Å². The molecule has 0 aliphatic rings. The molecular formula is C13H18N4O2. The molecule has 19 heavy (non-hydrogen) atoms. The molecule has 0 aliphatic carbocycles. The van der Waals surface area contributed by atoms with Crippen LogP contribution in [-0.2, 0) is 4.74 Å². The lowest BCUT2D eigenvalue weighted by atomic mass is 10.1. The maximum atomic E-state index is 5.64. The highest BCUT2D eigenvalue weighted by atomic mass is 16.5. The van der Waals surface area contributed by atoms with Gasteiger partial charge in [0.25, 0.3) is 5.89 Å². The molecule has 2 heterocycles. The number of hydrogen-bond donors (Lipinski definition) is 1. The van der Waals surface area contributed by atoms with Crippen LogP contribution in [0.5, 0.6) is 0 Å². The van der Waals surface area contributed by atoms with Crippen molar-refractivity contribution in [1.29, 1.82) is 0 Å². The molecule has 0 saturated heterocycles. The average molecular weight is 262 g/mol. The first-order valence-corrected chi connectivity index (χ1v) is 6.29. The Balaban J connectivity index is 2.24. The summed E-state index contributed by atoms with van der Waals surface area (Å²) in [4.78, 5) is 8.37. The lowest BCUT2D eigenvalue weighted by Gasteiger charge is -2.16. The zero-order valence-corrected chi connectivity index (χ0v) is 11.3. The highest BCUT2D eigenvalue weighted by Gasteiger charge is 2.22. The van der Waals surface area contributed by atoms with E-state index in [2.05, 4.69) is 29.0 Å². The Labute approximate surface area is 112 Å². The van der Waals surface area contributed by atoms with Gasteiger partial charge in [-0.05, 0) is 25.0 Å². The van der Waals surface area contributed by atoms with Gasteiger partial charge in [0.2, 0.25) is 5.82 Å². The van der Waals surface area contributed by atoms with Crippen LogP contribution in [0.4, 0.5) is 5.82 Å². The summed E-state index contributed by atoms with van der Waals surface area (Å²) >= 11 is 0. The van der Waals surface area contributed by atoms with E-state index in [1.54, 1.807) is 18.3 Å². The molecule has 2 aromatic heterocycles. The standard InChI is InChI=1S/C13H18N4O2/c1-4-18-11(8(2)3)12-16-13(19-17-12)9-5-6-10(14)15-7-9/h5-8,11H,4H2,1-3H3,(H2,14,15). The second kappa shape index (κ2) is 5.79. The second-order valence-corrected chi connectivity index (χ2v) is 4.55. The van der Waals surface area contributed by atoms with Gasteiger partial charge < -0.3 is 15.0 Å². The van der Waals surface area contributed by atoms with Crippen LogP contribution in [0.2, 0.25) is 0 Å². The zero-order valence-electron chi connectivity index (χ0n) is 11.3. The predicted octanol–water partition coefficient (Wildman–Crippen LogP) is 2.45. The molecule has 2 aromatic rings. The second-order valence-electron chi connectivity index (χ2n) is 4.55. The summed E-state index contributed by atoms with van der Waals surface area (Å²) in [6.07, 6.45) is 1.45. The largest absolute Gasteiger partial charge is 0.384 e. The van der Waals surface area contributed by atoms with Gasteiger partial charge in [-0.25, -0.2) is 4.98 Å². The molecule has 102 valence electrons. The van der Waals surface area contributed by atoms with Crippen LogP contribution in [0.25, 0.3) is 11.5 Å². The molecule has 0 saturated carbocycles. The fourth-order valence-corrected chi connectivity index (χ4v) is 1.74. The van der Waals surface area contributed by atoms with Gasteiger partial charge in [0.15, 0.2) is 0 Å². The number of anilines is 1. The highest BCUT2D eigenvalue weighted by Crippen LogP contribution is 2.25. The normalized spacial score (nSPS) is 12.8. The first kappa shape index (κ1) is 13.5. The number of pyridine rings is 1. The van der Waals surface area contributed by atoms with Crippen molar-refractivity contribution in [2.75, 3.05) is 12.3 Å². The lowest BCUT2D eigenvalue weighted by molar-refractivity contribution is 0.0217. The van der Waals surface area contributed by atoms with Crippen LogP contribution in [-0.4, -0.2) is 21.7 Å². The molecule has 2 rings (SSSR count). The maximum Gasteiger partial charge on any atom is 0.259 e. The van der Waals surface area contributed by atoms with Crippen molar-refractivity contribution in [3.63, 3.8) is 0 Å². The quantitative estimate of drug-likeness (QED) is 0.890. The van der Waals surface area contributed by atoms with E-state index in [0.29, 0.717) is 24.1 Å². The number of ether oxygens (including phenoxy) is 1. The molecule has 0 spiro atoms. The van der Waals surface area contributed by atoms with Crippen LogP contribution < -0.4 is 5.73 Å². The van der Waals surface area contributed by atoms with E-state index >= 15 is 0 Å². The topological polar surface area (TPSA) is 87.1 Å². The van der Waals surface area contributed by atoms with Crippen molar-refractivity contribution in [2.24, 2.45) is 5.92 Å². The van der Waals surface area contributed by atoms with Gasteiger partial charge in [-0.2, -0.15) is 4.98 Å². The molecule has 2 N–H and O–H groups in total. The minimum absolute atomic E-state index is 0.163. The third-order valence-corrected chi connectivity index (χ3v) is 2.68. The lowest BCUT2D eigenvalue weighted by Crippen LogP contribution is -2.12. The van der Waals surface area contributed by atoms with Crippen LogP contribution in [0.15, 0.2) is 22.9 Å². The molecule has 6 heteroatoms. The Kier molecular flexibility index (Phi) is 4.11. The van der Waals surface area contributed by atoms with Gasteiger partial charge in [0, 0.05) is 12.8 Å². The molecular weight excluding hydrogens is 244 g/mol. The number of nitrogens with two attached hydrogens (primary N) is 1. The summed E-state index contributed by atoms with van der Waals surface area (Å²) in [7, 11) is 0. The minimum Gasteiger partial charge on any atom is -0.384 e. The Hall–Kier alpha value is -1.95. The Bertz CT molecular complexity index is 522. The Morgan fingerprint density at radius 2 is 2.16 bits per heavy atom. The molecule has 0 fully saturated rings. The van der Waals surface area contributed by atoms with Crippen LogP contribution in [0.1, 0.15) is 32.7 Å². The number of nitrogens with zero attached hydrogens (tertiary/aromatic N) is 3. The van der Waals surface area contributed by atoms with Crippen molar-refractivity contribution >= 4 is 5.82 Å². The maximum absolute atomic E-state index is 5.64. The molecule has 6 nitrogen and oxygen atoms in total. The first-order chi connectivity index (χ1) is 9.11. The van der Waals surface area contributed by atoms with E-state index in [1.807, 2.05) is 6.92 Å². The van der Waals surface area contributed by atoms with Crippen molar-refractivity contribution < 1.29 is 9.26 Å². The summed E-state index contributed by atoms with van der Waals surface area (Å²) in [6, 6.07) is 3.49. The third-order valence-electron chi connectivity index (χ3n) is 2.68. The zero-order chi connectivity index (χ0) is 13.8. The molecule has 0 aromatic carbocycles. The fraction of sp³-hybridized carbons (Fsp3) is 0.462. The molecule has 0 radical (unpaired) electrons. The predicted molar refractivity (Wildman–Crippen MR) is 71.1 cm³/mol. The Morgan fingerprint density at radius 3 is 2.74 bits per heavy atom. The molecule has 0 amide bonds. The molecule has 0 aliphatic heterocycles. The van der Waals surface area contributed by atoms with E-state index in [1.165, 1.54) is 0 Å². The highest BCUT2D eigenvalue weighted by molar-refractivity contribution is 5.53. The van der Waals surface area contributed by atoms with Gasteiger partial charge in [0.1, 0.15) is 11.9 Å². The third kappa shape index (κ3) is 3.08. The first-order valence-electron chi connectivity index (χ1n) is 6.29. The van der Waals surface area contributed by atoms with E-state index in [9.17, 15) is 0 Å². The molecule has 1 unspecified atom stereocenters. The summed E-state index contributed by atoms with van der Waals surface area (Å²) in [5, 5.41) is 3.99. The van der Waals surface area contributed by atoms with E-state index in [4.69, 9.17) is 15.0 Å². The number of rotatable bonds is 5. The summed E-state index contributed by atoms with van der Waals surface area (Å²) in [5.41, 5.74) is 6.28. The molecule has 0 bridgehead atoms. The van der Waals surface area contributed by atoms with Gasteiger partial charge in [-0.15, -0.1) is 0 Å². The summed E-state index contributed by atoms with van der Waals surface area (Å²) < 4.78 is 10.9. The van der Waals surface area contributed by atoms with E-state index in [-0.39, 0.29) is 12.0 Å². The monoisotopic (exact) mass is 262 g/mol. The van der Waals surface area contributed by atoms with E-state index in [0.717, 1.165) is 5.56 Å². The van der Waals surface area contributed by atoms with Gasteiger partial charge in [-0.1, -0.05) is 19.0 Å². The number of nitrogen functional groups attached to an aromatic ring is 1. The number of aromatic nitrogens is 3. The summed E-state index contributed by atoms with van der Waals surface area (Å²) in [5.74, 6) is 1.71. The molecule has 1 atom stereocenters. The van der Waals surface area contributed by atoms with Crippen molar-refractivity contribution in [3.05, 3.63) is 24.2 Å². The number of hydrogen-bond acceptors (Lipinski definition) is 6. The Morgan fingerprint density at radius 1 is 1.37 bits per heavy atom.